The number of thiophene rings is 1. The molecular weight excluding hydrogens is 277 g/mol. The molecule has 0 radical (unpaired) electrons. The standard InChI is InChI=1S/C15H14FNO2S/c1-2-19-15(18)8-7-13-12(17)9-14(20-13)10-3-5-11(16)6-4-10/h3-9H,2,17H2,1H3/b8-7+. The summed E-state index contributed by atoms with van der Waals surface area (Å²) in [4.78, 5) is 13.0. The van der Waals surface area contributed by atoms with Crippen molar-refractivity contribution in [1.82, 2.24) is 0 Å². The molecule has 2 N–H and O–H groups in total. The van der Waals surface area contributed by atoms with E-state index in [9.17, 15) is 9.18 Å². The van der Waals surface area contributed by atoms with Crippen molar-refractivity contribution in [3.8, 4) is 10.4 Å². The van der Waals surface area contributed by atoms with E-state index in [0.29, 0.717) is 12.3 Å². The second-order valence-corrected chi connectivity index (χ2v) is 5.11. The van der Waals surface area contributed by atoms with E-state index in [1.54, 1.807) is 25.1 Å². The normalized spacial score (nSPS) is 10.9. The number of nitrogen functional groups attached to an aromatic ring is 1. The van der Waals surface area contributed by atoms with E-state index in [4.69, 9.17) is 10.5 Å². The van der Waals surface area contributed by atoms with Gasteiger partial charge >= 0.3 is 5.97 Å². The molecule has 0 saturated heterocycles. The maximum Gasteiger partial charge on any atom is 0.330 e. The molecule has 1 aromatic carbocycles. The number of hydrogen-bond acceptors (Lipinski definition) is 4. The largest absolute Gasteiger partial charge is 0.463 e. The van der Waals surface area contributed by atoms with Crippen LogP contribution in [0.5, 0.6) is 0 Å². The van der Waals surface area contributed by atoms with Gasteiger partial charge in [-0.25, -0.2) is 9.18 Å². The van der Waals surface area contributed by atoms with Gasteiger partial charge < -0.3 is 10.5 Å². The number of halogens is 1. The van der Waals surface area contributed by atoms with Crippen molar-refractivity contribution < 1.29 is 13.9 Å². The minimum Gasteiger partial charge on any atom is -0.463 e. The molecule has 0 aliphatic rings. The lowest BCUT2D eigenvalue weighted by molar-refractivity contribution is -0.137. The van der Waals surface area contributed by atoms with Gasteiger partial charge in [0.05, 0.1) is 17.2 Å². The molecule has 0 aliphatic carbocycles. The number of benzene rings is 1. The third kappa shape index (κ3) is 3.45. The van der Waals surface area contributed by atoms with Crippen molar-refractivity contribution in [2.45, 2.75) is 6.92 Å². The summed E-state index contributed by atoms with van der Waals surface area (Å²) < 4.78 is 17.7. The summed E-state index contributed by atoms with van der Waals surface area (Å²) in [6, 6.07) is 8.00. The average molecular weight is 291 g/mol. The average Bonchev–Trinajstić information content (AvgIpc) is 2.79. The van der Waals surface area contributed by atoms with Crippen LogP contribution < -0.4 is 5.73 Å². The Kier molecular flexibility index (Phi) is 4.53. The van der Waals surface area contributed by atoms with E-state index >= 15 is 0 Å². The Hall–Kier alpha value is -2.14. The topological polar surface area (TPSA) is 52.3 Å². The van der Waals surface area contributed by atoms with Crippen molar-refractivity contribution >= 4 is 29.1 Å². The molecular formula is C15H14FNO2S. The number of carbonyl (C=O) groups is 1. The quantitative estimate of drug-likeness (QED) is 0.690. The first kappa shape index (κ1) is 14.3. The Bertz CT molecular complexity index is 632. The van der Waals surface area contributed by atoms with Gasteiger partial charge in [-0.1, -0.05) is 12.1 Å². The van der Waals surface area contributed by atoms with Crippen LogP contribution in [0.2, 0.25) is 0 Å². The van der Waals surface area contributed by atoms with Gasteiger partial charge in [0, 0.05) is 11.0 Å². The highest BCUT2D eigenvalue weighted by molar-refractivity contribution is 7.17. The minimum atomic E-state index is -0.399. The van der Waals surface area contributed by atoms with E-state index in [1.807, 2.05) is 6.07 Å². The van der Waals surface area contributed by atoms with Gasteiger partial charge in [-0.05, 0) is 36.8 Å². The lowest BCUT2D eigenvalue weighted by atomic mass is 10.2. The van der Waals surface area contributed by atoms with Gasteiger partial charge in [-0.15, -0.1) is 11.3 Å². The molecule has 5 heteroatoms. The zero-order chi connectivity index (χ0) is 14.5. The van der Waals surface area contributed by atoms with Crippen molar-refractivity contribution in [3.05, 3.63) is 47.1 Å². The van der Waals surface area contributed by atoms with Crippen LogP contribution in [0.25, 0.3) is 16.5 Å². The number of carbonyl (C=O) groups excluding carboxylic acids is 1. The van der Waals surface area contributed by atoms with Gasteiger partial charge in [0.15, 0.2) is 0 Å². The summed E-state index contributed by atoms with van der Waals surface area (Å²) in [5, 5.41) is 0. The summed E-state index contributed by atoms with van der Waals surface area (Å²) in [7, 11) is 0. The van der Waals surface area contributed by atoms with Gasteiger partial charge in [0.2, 0.25) is 0 Å². The SMILES string of the molecule is CCOC(=O)/C=C/c1sc(-c2ccc(F)cc2)cc1N. The summed E-state index contributed by atoms with van der Waals surface area (Å²) >= 11 is 1.44. The predicted octanol–water partition coefficient (Wildman–Crippen LogP) is 3.71. The van der Waals surface area contributed by atoms with Gasteiger partial charge in [0.25, 0.3) is 0 Å². The first-order valence-electron chi connectivity index (χ1n) is 6.10. The molecule has 0 amide bonds. The fraction of sp³-hybridized carbons (Fsp3) is 0.133. The number of ether oxygens (including phenoxy) is 1. The minimum absolute atomic E-state index is 0.277. The number of rotatable bonds is 4. The lowest BCUT2D eigenvalue weighted by Gasteiger charge is -1.95. The van der Waals surface area contributed by atoms with Gasteiger partial charge in [0.1, 0.15) is 5.82 Å². The highest BCUT2D eigenvalue weighted by Gasteiger charge is 2.07. The monoisotopic (exact) mass is 291 g/mol. The van der Waals surface area contributed by atoms with Crippen molar-refractivity contribution in [3.63, 3.8) is 0 Å². The Morgan fingerprint density at radius 1 is 1.40 bits per heavy atom. The summed E-state index contributed by atoms with van der Waals surface area (Å²) in [5.74, 6) is -0.677. The molecule has 1 heterocycles. The van der Waals surface area contributed by atoms with Crippen LogP contribution in [0.4, 0.5) is 10.1 Å². The maximum atomic E-state index is 12.9. The Balaban J connectivity index is 2.21. The summed E-state index contributed by atoms with van der Waals surface area (Å²) in [6.45, 7) is 2.09. The second-order valence-electron chi connectivity index (χ2n) is 4.02. The van der Waals surface area contributed by atoms with Crippen LogP contribution >= 0.6 is 11.3 Å². The molecule has 2 aromatic rings. The van der Waals surface area contributed by atoms with Crippen LogP contribution in [0.3, 0.4) is 0 Å². The molecule has 0 unspecified atom stereocenters. The van der Waals surface area contributed by atoms with Crippen molar-refractivity contribution in [2.24, 2.45) is 0 Å². The molecule has 0 fully saturated rings. The molecule has 20 heavy (non-hydrogen) atoms. The first-order chi connectivity index (χ1) is 9.60. The fourth-order valence-corrected chi connectivity index (χ4v) is 2.63. The number of hydrogen-bond donors (Lipinski definition) is 1. The Morgan fingerprint density at radius 3 is 2.75 bits per heavy atom. The first-order valence-corrected chi connectivity index (χ1v) is 6.92. The Labute approximate surface area is 120 Å². The number of anilines is 1. The molecule has 2 rings (SSSR count). The summed E-state index contributed by atoms with van der Waals surface area (Å²) in [6.07, 6.45) is 2.98. The lowest BCUT2D eigenvalue weighted by Crippen LogP contribution is -1.98. The fourth-order valence-electron chi connectivity index (χ4n) is 1.64. The van der Waals surface area contributed by atoms with Gasteiger partial charge in [-0.2, -0.15) is 0 Å². The molecule has 0 bridgehead atoms. The highest BCUT2D eigenvalue weighted by Crippen LogP contribution is 2.34. The number of esters is 1. The van der Waals surface area contributed by atoms with E-state index in [0.717, 1.165) is 15.3 Å². The van der Waals surface area contributed by atoms with E-state index in [1.165, 1.54) is 29.5 Å². The van der Waals surface area contributed by atoms with Crippen LogP contribution in [-0.2, 0) is 9.53 Å². The van der Waals surface area contributed by atoms with Crippen LogP contribution in [0.1, 0.15) is 11.8 Å². The van der Waals surface area contributed by atoms with E-state index in [-0.39, 0.29) is 5.82 Å². The highest BCUT2D eigenvalue weighted by atomic mass is 32.1. The smallest absolute Gasteiger partial charge is 0.330 e. The molecule has 0 saturated carbocycles. The zero-order valence-corrected chi connectivity index (χ0v) is 11.7. The molecule has 0 aliphatic heterocycles. The van der Waals surface area contributed by atoms with Crippen LogP contribution in [0, 0.1) is 5.82 Å². The molecule has 3 nitrogen and oxygen atoms in total. The van der Waals surface area contributed by atoms with Crippen LogP contribution in [-0.4, -0.2) is 12.6 Å². The molecule has 104 valence electrons. The summed E-state index contributed by atoms with van der Waals surface area (Å²) in [5.41, 5.74) is 7.37. The third-order valence-electron chi connectivity index (χ3n) is 2.58. The van der Waals surface area contributed by atoms with E-state index < -0.39 is 5.97 Å². The van der Waals surface area contributed by atoms with Crippen molar-refractivity contribution in [1.29, 1.82) is 0 Å². The van der Waals surface area contributed by atoms with Crippen molar-refractivity contribution in [2.75, 3.05) is 12.3 Å². The maximum absolute atomic E-state index is 12.9. The second kappa shape index (κ2) is 6.34. The predicted molar refractivity (Wildman–Crippen MR) is 79.8 cm³/mol. The van der Waals surface area contributed by atoms with Gasteiger partial charge in [-0.3, -0.25) is 0 Å². The molecule has 0 spiro atoms. The molecule has 1 aromatic heterocycles. The zero-order valence-electron chi connectivity index (χ0n) is 10.9. The number of nitrogens with two attached hydrogens (primary N) is 1. The van der Waals surface area contributed by atoms with E-state index in [2.05, 4.69) is 0 Å². The van der Waals surface area contributed by atoms with Crippen LogP contribution in [0.15, 0.2) is 36.4 Å². The third-order valence-corrected chi connectivity index (χ3v) is 3.74. The Morgan fingerprint density at radius 2 is 2.10 bits per heavy atom. The molecule has 0 atom stereocenters.